The molecule has 0 amide bonds. The molecule has 0 radical (unpaired) electrons. The first kappa shape index (κ1) is 29.7. The van der Waals surface area contributed by atoms with Gasteiger partial charge in [-0.2, -0.15) is 5.26 Å². The number of rotatable bonds is 10. The molecule has 5 rings (SSSR count). The van der Waals surface area contributed by atoms with Gasteiger partial charge in [0.1, 0.15) is 11.9 Å². The van der Waals surface area contributed by atoms with E-state index in [1.54, 1.807) is 12.1 Å². The highest BCUT2D eigenvalue weighted by atomic mass is 19.1. The van der Waals surface area contributed by atoms with Crippen LogP contribution in [0.3, 0.4) is 0 Å². The lowest BCUT2D eigenvalue weighted by Gasteiger charge is -2.35. The molecule has 0 spiro atoms. The van der Waals surface area contributed by atoms with Crippen molar-refractivity contribution in [2.45, 2.75) is 83.1 Å². The average Bonchev–Trinajstić information content (AvgIpc) is 3.37. The van der Waals surface area contributed by atoms with Crippen LogP contribution in [0.15, 0.2) is 42.5 Å². The van der Waals surface area contributed by atoms with Crippen LogP contribution in [0.4, 0.5) is 4.39 Å². The molecule has 1 saturated carbocycles. The van der Waals surface area contributed by atoms with Gasteiger partial charge in [0.15, 0.2) is 0 Å². The zero-order chi connectivity index (χ0) is 28.8. The summed E-state index contributed by atoms with van der Waals surface area (Å²) in [6.07, 6.45) is 11.1. The molecule has 41 heavy (non-hydrogen) atoms. The van der Waals surface area contributed by atoms with Gasteiger partial charge in [0, 0.05) is 25.6 Å². The molecule has 2 heterocycles. The highest BCUT2D eigenvalue weighted by Gasteiger charge is 2.43. The molecule has 2 saturated heterocycles. The van der Waals surface area contributed by atoms with E-state index in [0.29, 0.717) is 18.4 Å². The summed E-state index contributed by atoms with van der Waals surface area (Å²) in [5, 5.41) is 19.8. The molecule has 3 aliphatic rings. The molecule has 0 unspecified atom stereocenters. The number of hydrogen-bond acceptors (Lipinski definition) is 4. The van der Waals surface area contributed by atoms with Crippen LogP contribution in [0.5, 0.6) is 0 Å². The van der Waals surface area contributed by atoms with Crippen molar-refractivity contribution >= 4 is 5.97 Å². The number of aliphatic carboxylic acids is 1. The van der Waals surface area contributed by atoms with Crippen molar-refractivity contribution < 1.29 is 14.3 Å². The maximum Gasteiger partial charge on any atom is 0.321 e. The Balaban J connectivity index is 1.18. The van der Waals surface area contributed by atoms with Gasteiger partial charge in [-0.1, -0.05) is 56.0 Å². The first-order valence-electron chi connectivity index (χ1n) is 15.9. The molecular formula is C35H46FN3O2. The first-order valence-corrected chi connectivity index (χ1v) is 15.9. The van der Waals surface area contributed by atoms with Crippen LogP contribution in [-0.4, -0.2) is 59.6 Å². The van der Waals surface area contributed by atoms with Crippen LogP contribution in [0.25, 0.3) is 0 Å². The van der Waals surface area contributed by atoms with Gasteiger partial charge in [-0.25, -0.2) is 4.39 Å². The summed E-state index contributed by atoms with van der Waals surface area (Å²) in [5.74, 6) is 0.470. The summed E-state index contributed by atoms with van der Waals surface area (Å²) in [6.45, 7) is 6.55. The predicted molar refractivity (Wildman–Crippen MR) is 160 cm³/mol. The summed E-state index contributed by atoms with van der Waals surface area (Å²) in [6, 6.07) is 15.1. The van der Waals surface area contributed by atoms with E-state index in [4.69, 9.17) is 0 Å². The number of carbonyl (C=O) groups is 1. The van der Waals surface area contributed by atoms with Gasteiger partial charge in [-0.05, 0) is 105 Å². The molecular weight excluding hydrogens is 513 g/mol. The Kier molecular flexibility index (Phi) is 10.1. The van der Waals surface area contributed by atoms with Crippen molar-refractivity contribution in [3.05, 3.63) is 70.5 Å². The molecule has 6 heteroatoms. The number of carboxylic acids is 1. The highest BCUT2D eigenvalue weighted by Crippen LogP contribution is 2.39. The van der Waals surface area contributed by atoms with Crippen molar-refractivity contribution in [1.82, 2.24) is 9.80 Å². The first-order chi connectivity index (χ1) is 19.9. The van der Waals surface area contributed by atoms with Gasteiger partial charge in [0.2, 0.25) is 0 Å². The molecule has 3 atom stereocenters. The fourth-order valence-electron chi connectivity index (χ4n) is 8.00. The van der Waals surface area contributed by atoms with Crippen LogP contribution in [0.2, 0.25) is 0 Å². The number of benzene rings is 2. The number of nitrogens with zero attached hydrogens (tertiary/aromatic N) is 3. The number of aryl methyl sites for hydroxylation is 2. The van der Waals surface area contributed by atoms with Crippen LogP contribution in [0.1, 0.15) is 86.0 Å². The molecule has 0 bridgehead atoms. The summed E-state index contributed by atoms with van der Waals surface area (Å²) >= 11 is 0. The highest BCUT2D eigenvalue weighted by molar-refractivity contribution is 5.74. The van der Waals surface area contributed by atoms with Gasteiger partial charge in [-0.15, -0.1) is 0 Å². The topological polar surface area (TPSA) is 67.6 Å². The molecule has 3 fully saturated rings. The maximum absolute atomic E-state index is 14.3. The average molecular weight is 560 g/mol. The van der Waals surface area contributed by atoms with Crippen LogP contribution in [-0.2, 0) is 11.2 Å². The normalized spacial score (nSPS) is 23.8. The smallest absolute Gasteiger partial charge is 0.321 e. The van der Waals surface area contributed by atoms with Crippen molar-refractivity contribution in [1.29, 1.82) is 5.26 Å². The van der Waals surface area contributed by atoms with Crippen molar-refractivity contribution in [3.8, 4) is 6.07 Å². The second-order valence-electron chi connectivity index (χ2n) is 12.9. The number of hydrogen-bond donors (Lipinski definition) is 1. The number of carboxylic acid groups (broad SMARTS) is 1. The van der Waals surface area contributed by atoms with Gasteiger partial charge >= 0.3 is 5.97 Å². The fraction of sp³-hybridized carbons (Fsp3) is 0.600. The van der Waals surface area contributed by atoms with E-state index < -0.39 is 12.0 Å². The van der Waals surface area contributed by atoms with E-state index in [1.165, 1.54) is 37.3 Å². The third-order valence-corrected chi connectivity index (χ3v) is 10.2. The van der Waals surface area contributed by atoms with Crippen molar-refractivity contribution in [3.63, 3.8) is 0 Å². The van der Waals surface area contributed by atoms with E-state index in [9.17, 15) is 19.6 Å². The SMILES string of the molecule is Cc1cccc(CCCC2CCN(C[C@H]3CN([C@@H](C(=O)O)C4CCCCC4)C[C@@H]3c3cccc(F)c3)CC2)c1C#N. The third kappa shape index (κ3) is 7.37. The van der Waals surface area contributed by atoms with Crippen molar-refractivity contribution in [2.75, 3.05) is 32.7 Å². The van der Waals surface area contributed by atoms with Crippen molar-refractivity contribution in [2.24, 2.45) is 17.8 Å². The molecule has 1 aliphatic carbocycles. The van der Waals surface area contributed by atoms with E-state index in [0.717, 1.165) is 81.4 Å². The largest absolute Gasteiger partial charge is 0.480 e. The molecule has 1 N–H and O–H groups in total. The maximum atomic E-state index is 14.3. The van der Waals surface area contributed by atoms with Gasteiger partial charge in [0.05, 0.1) is 11.6 Å². The quantitative estimate of drug-likeness (QED) is 0.347. The molecule has 2 aromatic carbocycles. The third-order valence-electron chi connectivity index (χ3n) is 10.2. The lowest BCUT2D eigenvalue weighted by Crippen LogP contribution is -2.46. The molecule has 0 aromatic heterocycles. The van der Waals surface area contributed by atoms with E-state index in [1.807, 2.05) is 19.1 Å². The zero-order valence-electron chi connectivity index (χ0n) is 24.6. The summed E-state index contributed by atoms with van der Waals surface area (Å²) in [7, 11) is 0. The Labute approximate surface area is 245 Å². The minimum atomic E-state index is -0.691. The minimum Gasteiger partial charge on any atom is -0.480 e. The summed E-state index contributed by atoms with van der Waals surface area (Å²) in [5.41, 5.74) is 4.09. The standard InChI is InChI=1S/C35H46FN3O2/c1-25-8-5-12-27(32(25)21-37)13-6-9-26-16-18-38(19-17-26)22-30-23-39(24-33(30)29-14-7-15-31(36)20-29)34(35(40)41)28-10-3-2-4-11-28/h5,7-8,12,14-15,20,26,28,30,33-34H,2-4,6,9-11,13,16-19,22-24H2,1H3,(H,40,41)/t30-,33+,34+/m0/s1. The second kappa shape index (κ2) is 13.9. The monoisotopic (exact) mass is 559 g/mol. The molecule has 220 valence electrons. The van der Waals surface area contributed by atoms with Gasteiger partial charge < -0.3 is 10.0 Å². The lowest BCUT2D eigenvalue weighted by atomic mass is 9.83. The Morgan fingerprint density at radius 1 is 1.07 bits per heavy atom. The van der Waals surface area contributed by atoms with Crippen LogP contribution < -0.4 is 0 Å². The predicted octanol–water partition coefficient (Wildman–Crippen LogP) is 6.79. The Morgan fingerprint density at radius 2 is 1.83 bits per heavy atom. The van der Waals surface area contributed by atoms with Gasteiger partial charge in [0.25, 0.3) is 0 Å². The zero-order valence-corrected chi connectivity index (χ0v) is 24.6. The fourth-order valence-corrected chi connectivity index (χ4v) is 8.00. The Morgan fingerprint density at radius 3 is 2.54 bits per heavy atom. The molecule has 2 aromatic rings. The Hall–Kier alpha value is -2.75. The van der Waals surface area contributed by atoms with E-state index >= 15 is 0 Å². The molecule has 5 nitrogen and oxygen atoms in total. The minimum absolute atomic E-state index is 0.150. The number of halogens is 1. The van der Waals surface area contributed by atoms with Gasteiger partial charge in [-0.3, -0.25) is 9.69 Å². The Bertz CT molecular complexity index is 1210. The van der Waals surface area contributed by atoms with E-state index in [2.05, 4.69) is 28.0 Å². The van der Waals surface area contributed by atoms with E-state index in [-0.39, 0.29) is 17.7 Å². The van der Waals surface area contributed by atoms with Crippen LogP contribution in [0, 0.1) is 41.8 Å². The number of nitriles is 1. The molecule has 2 aliphatic heterocycles. The van der Waals surface area contributed by atoms with Crippen LogP contribution >= 0.6 is 0 Å². The number of likely N-dealkylation sites (tertiary alicyclic amines) is 2. The lowest BCUT2D eigenvalue weighted by molar-refractivity contribution is -0.145. The second-order valence-corrected chi connectivity index (χ2v) is 12.9. The summed E-state index contributed by atoms with van der Waals surface area (Å²) < 4.78 is 14.3. The summed E-state index contributed by atoms with van der Waals surface area (Å²) in [4.78, 5) is 17.3. The number of piperidine rings is 1.